The molecule has 140 valence electrons. The van der Waals surface area contributed by atoms with E-state index in [0.29, 0.717) is 37.6 Å². The van der Waals surface area contributed by atoms with Crippen LogP contribution < -0.4 is 4.74 Å². The van der Waals surface area contributed by atoms with Gasteiger partial charge in [0.1, 0.15) is 18.1 Å². The summed E-state index contributed by atoms with van der Waals surface area (Å²) in [6, 6.07) is 20.9. The molecule has 5 nitrogen and oxygen atoms in total. The molecular weight excluding hydrogens is 342 g/mol. The Morgan fingerprint density at radius 2 is 1.70 bits per heavy atom. The number of carbonyl (C=O) groups excluding carboxylic acids is 1. The summed E-state index contributed by atoms with van der Waals surface area (Å²) in [5.41, 5.74) is 1.58. The Kier molecular flexibility index (Phi) is 6.66. The highest BCUT2D eigenvalue weighted by Gasteiger charge is 2.21. The first-order valence-electron chi connectivity index (χ1n) is 8.84. The van der Waals surface area contributed by atoms with E-state index in [-0.39, 0.29) is 5.91 Å². The summed E-state index contributed by atoms with van der Waals surface area (Å²) in [6.45, 7) is 1.71. The Hall–Kier alpha value is -3.05. The van der Waals surface area contributed by atoms with Crippen LogP contribution in [0.3, 0.4) is 0 Å². The highest BCUT2D eigenvalue weighted by atomic mass is 16.5. The van der Waals surface area contributed by atoms with Crippen molar-refractivity contribution in [2.24, 2.45) is 0 Å². The maximum atomic E-state index is 13.3. The summed E-state index contributed by atoms with van der Waals surface area (Å²) in [7, 11) is 1.62. The van der Waals surface area contributed by atoms with E-state index in [1.165, 1.54) is 0 Å². The molecule has 0 bridgehead atoms. The maximum absolute atomic E-state index is 13.3. The van der Waals surface area contributed by atoms with E-state index in [0.717, 1.165) is 11.3 Å². The molecular formula is C22H23NO4. The van der Waals surface area contributed by atoms with Gasteiger partial charge in [0.2, 0.25) is 0 Å². The van der Waals surface area contributed by atoms with Crippen molar-refractivity contribution in [3.05, 3.63) is 89.9 Å². The van der Waals surface area contributed by atoms with E-state index in [4.69, 9.17) is 13.9 Å². The molecule has 0 aliphatic rings. The van der Waals surface area contributed by atoms with Crippen LogP contribution in [0.15, 0.2) is 77.4 Å². The molecule has 0 fully saturated rings. The number of amides is 1. The van der Waals surface area contributed by atoms with Crippen molar-refractivity contribution >= 4 is 5.91 Å². The smallest absolute Gasteiger partial charge is 0.258 e. The van der Waals surface area contributed by atoms with Gasteiger partial charge >= 0.3 is 0 Å². The fourth-order valence-electron chi connectivity index (χ4n) is 2.77. The van der Waals surface area contributed by atoms with Crippen molar-refractivity contribution in [2.45, 2.75) is 13.1 Å². The van der Waals surface area contributed by atoms with Crippen LogP contribution in [-0.2, 0) is 17.8 Å². The Balaban J connectivity index is 1.84. The molecule has 3 aromatic rings. The molecule has 1 heterocycles. The molecule has 0 spiro atoms. The van der Waals surface area contributed by atoms with Crippen LogP contribution in [0.4, 0.5) is 0 Å². The van der Waals surface area contributed by atoms with Crippen LogP contribution in [0.1, 0.15) is 21.7 Å². The number of ether oxygens (including phenoxy) is 2. The topological polar surface area (TPSA) is 51.9 Å². The molecule has 0 unspecified atom stereocenters. The van der Waals surface area contributed by atoms with E-state index in [1.807, 2.05) is 54.6 Å². The van der Waals surface area contributed by atoms with Crippen molar-refractivity contribution in [1.82, 2.24) is 4.90 Å². The standard InChI is InChI=1S/C22H23NO4/c1-25-14-15-27-21-12-6-5-11-20(21)22(24)23(17-19-10-7-13-26-19)16-18-8-3-2-4-9-18/h2-13H,14-17H2,1H3. The number of hydrogen-bond acceptors (Lipinski definition) is 4. The normalized spacial score (nSPS) is 10.6. The van der Waals surface area contributed by atoms with Gasteiger partial charge in [0.05, 0.1) is 25.0 Å². The summed E-state index contributed by atoms with van der Waals surface area (Å²) in [5, 5.41) is 0. The number of benzene rings is 2. The van der Waals surface area contributed by atoms with E-state index in [2.05, 4.69) is 0 Å². The van der Waals surface area contributed by atoms with Gasteiger partial charge in [0.15, 0.2) is 0 Å². The molecule has 2 aromatic carbocycles. The highest BCUT2D eigenvalue weighted by Crippen LogP contribution is 2.22. The molecule has 27 heavy (non-hydrogen) atoms. The number of methoxy groups -OCH3 is 1. The minimum atomic E-state index is -0.108. The summed E-state index contributed by atoms with van der Waals surface area (Å²) < 4.78 is 16.2. The lowest BCUT2D eigenvalue weighted by atomic mass is 10.1. The first-order chi connectivity index (χ1) is 13.3. The summed E-state index contributed by atoms with van der Waals surface area (Å²) in [5.74, 6) is 1.18. The number of hydrogen-bond donors (Lipinski definition) is 0. The van der Waals surface area contributed by atoms with Gasteiger partial charge in [-0.25, -0.2) is 0 Å². The Bertz CT molecular complexity index is 831. The zero-order valence-corrected chi connectivity index (χ0v) is 15.3. The molecule has 1 aromatic heterocycles. The first kappa shape index (κ1) is 18.7. The monoisotopic (exact) mass is 365 g/mol. The molecule has 0 radical (unpaired) electrons. The van der Waals surface area contributed by atoms with Gasteiger partial charge in [-0.15, -0.1) is 0 Å². The second kappa shape index (κ2) is 9.59. The lowest BCUT2D eigenvalue weighted by molar-refractivity contribution is 0.0710. The molecule has 0 saturated carbocycles. The van der Waals surface area contributed by atoms with E-state index in [9.17, 15) is 4.79 Å². The van der Waals surface area contributed by atoms with Gasteiger partial charge in [-0.1, -0.05) is 42.5 Å². The SMILES string of the molecule is COCCOc1ccccc1C(=O)N(Cc1ccccc1)Cc1ccco1. The minimum absolute atomic E-state index is 0.108. The largest absolute Gasteiger partial charge is 0.490 e. The van der Waals surface area contributed by atoms with Crippen LogP contribution in [0.5, 0.6) is 5.75 Å². The number of furan rings is 1. The number of nitrogens with zero attached hydrogens (tertiary/aromatic N) is 1. The molecule has 1 amide bonds. The lowest BCUT2D eigenvalue weighted by Gasteiger charge is -2.23. The number of carbonyl (C=O) groups is 1. The van der Waals surface area contributed by atoms with Gasteiger partial charge in [0, 0.05) is 13.7 Å². The fraction of sp³-hybridized carbons (Fsp3) is 0.227. The molecule has 0 atom stereocenters. The van der Waals surface area contributed by atoms with Crippen molar-refractivity contribution in [3.8, 4) is 5.75 Å². The van der Waals surface area contributed by atoms with E-state index < -0.39 is 0 Å². The maximum Gasteiger partial charge on any atom is 0.258 e. The highest BCUT2D eigenvalue weighted by molar-refractivity contribution is 5.96. The second-order valence-corrected chi connectivity index (χ2v) is 6.06. The van der Waals surface area contributed by atoms with Crippen LogP contribution in [0.25, 0.3) is 0 Å². The van der Waals surface area contributed by atoms with Crippen molar-refractivity contribution in [2.75, 3.05) is 20.3 Å². The first-order valence-corrected chi connectivity index (χ1v) is 8.84. The average Bonchev–Trinajstić information content (AvgIpc) is 3.21. The van der Waals surface area contributed by atoms with Crippen LogP contribution >= 0.6 is 0 Å². The zero-order chi connectivity index (χ0) is 18.9. The van der Waals surface area contributed by atoms with E-state index in [1.54, 1.807) is 30.4 Å². The Morgan fingerprint density at radius 3 is 2.44 bits per heavy atom. The quantitative estimate of drug-likeness (QED) is 0.535. The molecule has 0 aliphatic carbocycles. The van der Waals surface area contributed by atoms with Gasteiger partial charge in [-0.3, -0.25) is 4.79 Å². The number of para-hydroxylation sites is 1. The van der Waals surface area contributed by atoms with Gasteiger partial charge < -0.3 is 18.8 Å². The Morgan fingerprint density at radius 1 is 0.926 bits per heavy atom. The third kappa shape index (κ3) is 5.21. The summed E-state index contributed by atoms with van der Waals surface area (Å²) in [6.07, 6.45) is 1.61. The fourth-order valence-corrected chi connectivity index (χ4v) is 2.77. The van der Waals surface area contributed by atoms with Gasteiger partial charge in [-0.2, -0.15) is 0 Å². The average molecular weight is 365 g/mol. The minimum Gasteiger partial charge on any atom is -0.490 e. The third-order valence-corrected chi connectivity index (χ3v) is 4.09. The molecule has 0 aliphatic heterocycles. The third-order valence-electron chi connectivity index (χ3n) is 4.09. The number of rotatable bonds is 9. The van der Waals surface area contributed by atoms with Gasteiger partial charge in [0.25, 0.3) is 5.91 Å². The molecule has 5 heteroatoms. The Labute approximate surface area is 159 Å². The lowest BCUT2D eigenvalue weighted by Crippen LogP contribution is -2.30. The van der Waals surface area contributed by atoms with Crippen molar-refractivity contribution in [3.63, 3.8) is 0 Å². The molecule has 0 N–H and O–H groups in total. The molecule has 0 saturated heterocycles. The van der Waals surface area contributed by atoms with Crippen molar-refractivity contribution < 1.29 is 18.7 Å². The predicted molar refractivity (Wildman–Crippen MR) is 103 cm³/mol. The summed E-state index contributed by atoms with van der Waals surface area (Å²) in [4.78, 5) is 15.1. The zero-order valence-electron chi connectivity index (χ0n) is 15.3. The van der Waals surface area contributed by atoms with E-state index >= 15 is 0 Å². The summed E-state index contributed by atoms with van der Waals surface area (Å²) >= 11 is 0. The van der Waals surface area contributed by atoms with Crippen LogP contribution in [0.2, 0.25) is 0 Å². The van der Waals surface area contributed by atoms with Crippen LogP contribution in [-0.4, -0.2) is 31.1 Å². The van der Waals surface area contributed by atoms with Crippen LogP contribution in [0, 0.1) is 0 Å². The predicted octanol–water partition coefficient (Wildman–Crippen LogP) is 4.15. The van der Waals surface area contributed by atoms with Crippen molar-refractivity contribution in [1.29, 1.82) is 0 Å². The van der Waals surface area contributed by atoms with Gasteiger partial charge in [-0.05, 0) is 29.8 Å². The molecule has 3 rings (SSSR count). The second-order valence-electron chi connectivity index (χ2n) is 6.06.